The van der Waals surface area contributed by atoms with E-state index in [4.69, 9.17) is 11.6 Å². The molecule has 1 aromatic heterocycles. The fourth-order valence-electron chi connectivity index (χ4n) is 3.29. The molecule has 0 saturated heterocycles. The average Bonchev–Trinajstić information content (AvgIpc) is 3.24. The van der Waals surface area contributed by atoms with Gasteiger partial charge >= 0.3 is 12.2 Å². The van der Waals surface area contributed by atoms with E-state index >= 15 is 0 Å². The van der Waals surface area contributed by atoms with Crippen molar-refractivity contribution in [3.05, 3.63) is 80.2 Å². The molecule has 0 aliphatic rings. The molecule has 0 fully saturated rings. The first kappa shape index (κ1) is 25.3. The average molecular weight is 595 g/mol. The summed E-state index contributed by atoms with van der Waals surface area (Å²) < 4.78 is 56.7. The molecule has 0 saturated carbocycles. The lowest BCUT2D eigenvalue weighted by atomic mass is 10.1. The van der Waals surface area contributed by atoms with Gasteiger partial charge in [-0.05, 0) is 65.8 Å². The van der Waals surface area contributed by atoms with Crippen LogP contribution in [0.2, 0.25) is 5.02 Å². The van der Waals surface area contributed by atoms with Crippen molar-refractivity contribution in [1.29, 1.82) is 0 Å². The standard InChI is InChI=1S/C22H20ClF4IN4O/c1-14-17(22(25,26)27)10-15(28)11-20(14)30-21(33)32(8-3-7-31-9-6-29-13-31)12-16-18(23)4-2-5-19(16)24/h2,4-6,9-11,13H,3,7-8,12H2,1H3,(H,30,33). The SMILES string of the molecule is Cc1c(NC(=O)N(CCCn2ccnc2)Cc2c(F)cccc2Cl)cc(I)cc1C(F)(F)F. The Kier molecular flexibility index (Phi) is 8.22. The van der Waals surface area contributed by atoms with Gasteiger partial charge in [0.25, 0.3) is 0 Å². The number of carbonyl (C=O) groups is 1. The summed E-state index contributed by atoms with van der Waals surface area (Å²) in [5.41, 5.74) is -0.752. The van der Waals surface area contributed by atoms with Crippen LogP contribution in [0.25, 0.3) is 0 Å². The van der Waals surface area contributed by atoms with Gasteiger partial charge in [-0.15, -0.1) is 0 Å². The van der Waals surface area contributed by atoms with Crippen molar-refractivity contribution in [2.45, 2.75) is 32.6 Å². The van der Waals surface area contributed by atoms with Gasteiger partial charge in [0, 0.05) is 45.3 Å². The van der Waals surface area contributed by atoms with E-state index in [2.05, 4.69) is 10.3 Å². The van der Waals surface area contributed by atoms with E-state index in [0.29, 0.717) is 16.5 Å². The second-order valence-electron chi connectivity index (χ2n) is 7.33. The molecule has 0 aliphatic carbocycles. The van der Waals surface area contributed by atoms with Crippen molar-refractivity contribution in [1.82, 2.24) is 14.5 Å². The van der Waals surface area contributed by atoms with Gasteiger partial charge in [0.2, 0.25) is 0 Å². The number of hydrogen-bond donors (Lipinski definition) is 1. The molecule has 0 bridgehead atoms. The van der Waals surface area contributed by atoms with E-state index in [1.54, 1.807) is 41.3 Å². The smallest absolute Gasteiger partial charge is 0.337 e. The van der Waals surface area contributed by atoms with Crippen LogP contribution in [-0.2, 0) is 19.3 Å². The minimum absolute atomic E-state index is 0.0402. The van der Waals surface area contributed by atoms with Gasteiger partial charge in [-0.25, -0.2) is 14.2 Å². The molecular formula is C22H20ClF4IN4O. The summed E-state index contributed by atoms with van der Waals surface area (Å²) in [6.45, 7) is 1.92. The monoisotopic (exact) mass is 594 g/mol. The Morgan fingerprint density at radius 1 is 1.30 bits per heavy atom. The number of nitrogens with one attached hydrogen (secondary N) is 1. The molecule has 3 aromatic rings. The van der Waals surface area contributed by atoms with E-state index in [0.717, 1.165) is 6.07 Å². The number of amides is 2. The van der Waals surface area contributed by atoms with Crippen LogP contribution in [0.5, 0.6) is 0 Å². The third-order valence-electron chi connectivity index (χ3n) is 5.02. The van der Waals surface area contributed by atoms with Gasteiger partial charge in [-0.3, -0.25) is 0 Å². The molecule has 5 nitrogen and oxygen atoms in total. The zero-order valence-electron chi connectivity index (χ0n) is 17.5. The van der Waals surface area contributed by atoms with E-state index in [-0.39, 0.29) is 34.9 Å². The van der Waals surface area contributed by atoms with Gasteiger partial charge in [-0.2, -0.15) is 13.2 Å². The normalized spacial score (nSPS) is 11.5. The summed E-state index contributed by atoms with van der Waals surface area (Å²) in [6.07, 6.45) is 0.977. The molecule has 0 radical (unpaired) electrons. The maximum atomic E-state index is 14.4. The molecule has 3 rings (SSSR count). The number of carbonyl (C=O) groups excluding carboxylic acids is 1. The molecule has 0 aliphatic heterocycles. The Balaban J connectivity index is 1.84. The highest BCUT2D eigenvalue weighted by Gasteiger charge is 2.34. The quantitative estimate of drug-likeness (QED) is 0.244. The Bertz CT molecular complexity index is 1100. The number of imidazole rings is 1. The van der Waals surface area contributed by atoms with Gasteiger partial charge in [-0.1, -0.05) is 17.7 Å². The predicted molar refractivity (Wildman–Crippen MR) is 127 cm³/mol. The highest BCUT2D eigenvalue weighted by molar-refractivity contribution is 14.1. The van der Waals surface area contributed by atoms with Gasteiger partial charge < -0.3 is 14.8 Å². The molecular weight excluding hydrogens is 575 g/mol. The lowest BCUT2D eigenvalue weighted by Crippen LogP contribution is -2.36. The van der Waals surface area contributed by atoms with Crippen molar-refractivity contribution >= 4 is 45.9 Å². The third-order valence-corrected chi connectivity index (χ3v) is 6.00. The van der Waals surface area contributed by atoms with Crippen LogP contribution in [0.3, 0.4) is 0 Å². The van der Waals surface area contributed by atoms with Gasteiger partial charge in [0.1, 0.15) is 5.82 Å². The highest BCUT2D eigenvalue weighted by Crippen LogP contribution is 2.36. The number of hydrogen-bond acceptors (Lipinski definition) is 2. The van der Waals surface area contributed by atoms with Crippen LogP contribution >= 0.6 is 34.2 Å². The summed E-state index contributed by atoms with van der Waals surface area (Å²) in [6, 6.07) is 6.04. The van der Waals surface area contributed by atoms with E-state index in [9.17, 15) is 22.4 Å². The molecule has 1 N–H and O–H groups in total. The Hall–Kier alpha value is -2.34. The van der Waals surface area contributed by atoms with Crippen LogP contribution in [-0.4, -0.2) is 27.0 Å². The maximum Gasteiger partial charge on any atom is 0.416 e. The summed E-state index contributed by atoms with van der Waals surface area (Å²) in [5.74, 6) is -0.570. The second-order valence-corrected chi connectivity index (χ2v) is 8.98. The molecule has 0 atom stereocenters. The Labute approximate surface area is 206 Å². The molecule has 1 heterocycles. The van der Waals surface area contributed by atoms with Crippen molar-refractivity contribution in [2.75, 3.05) is 11.9 Å². The molecule has 0 spiro atoms. The molecule has 33 heavy (non-hydrogen) atoms. The maximum absolute atomic E-state index is 14.4. The number of halogens is 6. The molecule has 11 heteroatoms. The molecule has 176 valence electrons. The minimum Gasteiger partial charge on any atom is -0.337 e. The molecule has 2 aromatic carbocycles. The summed E-state index contributed by atoms with van der Waals surface area (Å²) in [5, 5.41) is 2.72. The van der Waals surface area contributed by atoms with Crippen molar-refractivity contribution in [3.8, 4) is 0 Å². The fraction of sp³-hybridized carbons (Fsp3) is 0.273. The number of benzene rings is 2. The van der Waals surface area contributed by atoms with Crippen molar-refractivity contribution in [3.63, 3.8) is 0 Å². The Morgan fingerprint density at radius 3 is 2.70 bits per heavy atom. The van der Waals surface area contributed by atoms with Gasteiger partial charge in [0.05, 0.1) is 18.4 Å². The van der Waals surface area contributed by atoms with Crippen LogP contribution < -0.4 is 5.32 Å². The Morgan fingerprint density at radius 2 is 2.06 bits per heavy atom. The molecule has 0 unspecified atom stereocenters. The molecule has 2 amide bonds. The van der Waals surface area contributed by atoms with Crippen LogP contribution in [0.1, 0.15) is 23.1 Å². The minimum atomic E-state index is -4.56. The summed E-state index contributed by atoms with van der Waals surface area (Å²) in [4.78, 5) is 18.4. The van der Waals surface area contributed by atoms with Crippen LogP contribution in [0.4, 0.5) is 28.0 Å². The first-order valence-electron chi connectivity index (χ1n) is 9.88. The lowest BCUT2D eigenvalue weighted by molar-refractivity contribution is -0.138. The topological polar surface area (TPSA) is 50.2 Å². The largest absolute Gasteiger partial charge is 0.416 e. The van der Waals surface area contributed by atoms with Crippen LogP contribution in [0, 0.1) is 16.3 Å². The lowest BCUT2D eigenvalue weighted by Gasteiger charge is -2.25. The zero-order chi connectivity index (χ0) is 24.2. The van der Waals surface area contributed by atoms with Crippen molar-refractivity contribution in [2.24, 2.45) is 0 Å². The fourth-order valence-corrected chi connectivity index (χ4v) is 4.13. The number of urea groups is 1. The number of nitrogens with zero attached hydrogens (tertiary/aromatic N) is 3. The number of alkyl halides is 3. The van der Waals surface area contributed by atoms with E-state index in [1.165, 1.54) is 36.1 Å². The van der Waals surface area contributed by atoms with E-state index < -0.39 is 23.6 Å². The number of rotatable bonds is 7. The van der Waals surface area contributed by atoms with Gasteiger partial charge in [0.15, 0.2) is 0 Å². The van der Waals surface area contributed by atoms with Crippen molar-refractivity contribution < 1.29 is 22.4 Å². The first-order valence-corrected chi connectivity index (χ1v) is 11.3. The summed E-state index contributed by atoms with van der Waals surface area (Å²) >= 11 is 7.90. The number of anilines is 1. The zero-order valence-corrected chi connectivity index (χ0v) is 20.4. The summed E-state index contributed by atoms with van der Waals surface area (Å²) in [7, 11) is 0. The van der Waals surface area contributed by atoms with E-state index in [1.807, 2.05) is 4.57 Å². The number of aromatic nitrogens is 2. The van der Waals surface area contributed by atoms with Crippen LogP contribution in [0.15, 0.2) is 49.1 Å². The predicted octanol–water partition coefficient (Wildman–Crippen LogP) is 6.73. The number of aryl methyl sites for hydroxylation is 1. The first-order chi connectivity index (χ1) is 15.6. The second kappa shape index (κ2) is 10.7. The third kappa shape index (κ3) is 6.59. The highest BCUT2D eigenvalue weighted by atomic mass is 127.